The zero-order valence-corrected chi connectivity index (χ0v) is 6.07. The highest BCUT2D eigenvalue weighted by Gasteiger charge is 1.76. The van der Waals surface area contributed by atoms with Crippen LogP contribution in [0.4, 0.5) is 0 Å². The van der Waals surface area contributed by atoms with Crippen LogP contribution in [0.1, 0.15) is 6.92 Å². The van der Waals surface area contributed by atoms with E-state index in [0.29, 0.717) is 6.61 Å². The summed E-state index contributed by atoms with van der Waals surface area (Å²) in [6.45, 7) is 2.20. The van der Waals surface area contributed by atoms with Crippen LogP contribution in [-0.4, -0.2) is 6.61 Å². The summed E-state index contributed by atoms with van der Waals surface area (Å²) in [6, 6.07) is 0. The summed E-state index contributed by atoms with van der Waals surface area (Å²) < 4.78 is 0. The molecule has 2 N–H and O–H groups in total. The summed E-state index contributed by atoms with van der Waals surface area (Å²) >= 11 is 0. The first-order valence-corrected chi connectivity index (χ1v) is 2.26. The molecule has 0 saturated carbocycles. The van der Waals surface area contributed by atoms with Gasteiger partial charge in [-0.2, -0.15) is 0 Å². The molecule has 52 valence electrons. The quantitative estimate of drug-likeness (QED) is 0.465. The van der Waals surface area contributed by atoms with Crippen molar-refractivity contribution in [2.24, 2.45) is 5.90 Å². The first-order valence-electron chi connectivity index (χ1n) is 2.26. The van der Waals surface area contributed by atoms with E-state index in [1.165, 1.54) is 0 Å². The molecule has 0 aliphatic rings. The highest BCUT2D eigenvalue weighted by molar-refractivity contribution is 5.85. The lowest BCUT2D eigenvalue weighted by Gasteiger charge is -1.86. The van der Waals surface area contributed by atoms with Gasteiger partial charge in [0.05, 0.1) is 6.61 Å². The molecule has 0 atom stereocenters. The van der Waals surface area contributed by atoms with Gasteiger partial charge in [0, 0.05) is 0 Å². The van der Waals surface area contributed by atoms with Crippen LogP contribution < -0.4 is 5.90 Å². The fourth-order valence-corrected chi connectivity index (χ4v) is 0.232. The van der Waals surface area contributed by atoms with E-state index in [1.54, 1.807) is 6.08 Å². The largest absolute Gasteiger partial charge is 0.300 e. The molecule has 0 unspecified atom stereocenters. The lowest BCUT2D eigenvalue weighted by Crippen LogP contribution is -1.97. The molecular weight excluding hydrogens is 138 g/mol. The summed E-state index contributed by atoms with van der Waals surface area (Å²) in [5.41, 5.74) is 0.843. The zero-order valence-electron chi connectivity index (χ0n) is 5.26. The van der Waals surface area contributed by atoms with Crippen LogP contribution in [0.3, 0.4) is 0 Å². The Morgan fingerprint density at radius 3 is 2.78 bits per heavy atom. The fraction of sp³-hybridized carbons (Fsp3) is 0.333. The van der Waals surface area contributed by atoms with Crippen molar-refractivity contribution < 1.29 is 4.84 Å². The van der Waals surface area contributed by atoms with Crippen LogP contribution in [0.2, 0.25) is 0 Å². The summed E-state index contributed by atoms with van der Waals surface area (Å²) in [7, 11) is 0. The Kier molecular flexibility index (Phi) is 9.45. The lowest BCUT2D eigenvalue weighted by molar-refractivity contribution is 0.167. The van der Waals surface area contributed by atoms with E-state index in [-0.39, 0.29) is 12.4 Å². The molecule has 9 heavy (non-hydrogen) atoms. The van der Waals surface area contributed by atoms with Gasteiger partial charge in [0.1, 0.15) is 0 Å². The second-order valence-corrected chi connectivity index (χ2v) is 1.36. The maximum atomic E-state index is 5.00. The van der Waals surface area contributed by atoms with Gasteiger partial charge in [-0.25, -0.2) is 5.90 Å². The Hall–Kier alpha value is -0.490. The normalized spacial score (nSPS) is 9.67. The highest BCUT2D eigenvalue weighted by Crippen LogP contribution is 1.85. The molecule has 0 fully saturated rings. The van der Waals surface area contributed by atoms with Crippen molar-refractivity contribution in [2.75, 3.05) is 6.61 Å². The van der Waals surface area contributed by atoms with Crippen molar-refractivity contribution in [3.8, 4) is 12.3 Å². The SMILES string of the molecule is C#C/C(C)=C/CON.Cl. The molecule has 0 amide bonds. The zero-order chi connectivity index (χ0) is 6.41. The molecule has 0 aromatic heterocycles. The topological polar surface area (TPSA) is 35.2 Å². The molecule has 0 rings (SSSR count). The predicted molar refractivity (Wildman–Crippen MR) is 40.0 cm³/mol. The van der Waals surface area contributed by atoms with Crippen molar-refractivity contribution in [1.29, 1.82) is 0 Å². The molecule has 0 aromatic rings. The number of terminal acetylenes is 1. The Labute approximate surface area is 61.4 Å². The van der Waals surface area contributed by atoms with Gasteiger partial charge in [-0.3, -0.25) is 0 Å². The maximum absolute atomic E-state index is 5.00. The minimum absolute atomic E-state index is 0. The molecule has 0 heterocycles. The highest BCUT2D eigenvalue weighted by atomic mass is 35.5. The third kappa shape index (κ3) is 7.51. The van der Waals surface area contributed by atoms with E-state index < -0.39 is 0 Å². The van der Waals surface area contributed by atoms with E-state index in [4.69, 9.17) is 12.3 Å². The fourth-order valence-electron chi connectivity index (χ4n) is 0.232. The van der Waals surface area contributed by atoms with Crippen molar-refractivity contribution in [1.82, 2.24) is 0 Å². The number of halogens is 1. The molecule has 0 saturated heterocycles. The monoisotopic (exact) mass is 147 g/mol. The summed E-state index contributed by atoms with van der Waals surface area (Å²) in [4.78, 5) is 4.24. The lowest BCUT2D eigenvalue weighted by atomic mass is 10.3. The molecule has 0 bridgehead atoms. The van der Waals surface area contributed by atoms with Crippen molar-refractivity contribution in [2.45, 2.75) is 6.92 Å². The third-order valence-corrected chi connectivity index (χ3v) is 0.713. The molecule has 0 aliphatic carbocycles. The van der Waals surface area contributed by atoms with Crippen molar-refractivity contribution >= 4 is 12.4 Å². The van der Waals surface area contributed by atoms with Crippen LogP contribution >= 0.6 is 12.4 Å². The second kappa shape index (κ2) is 7.51. The van der Waals surface area contributed by atoms with Gasteiger partial charge in [-0.15, -0.1) is 18.8 Å². The van der Waals surface area contributed by atoms with E-state index in [1.807, 2.05) is 6.92 Å². The van der Waals surface area contributed by atoms with E-state index >= 15 is 0 Å². The van der Waals surface area contributed by atoms with Gasteiger partial charge in [0.2, 0.25) is 0 Å². The summed E-state index contributed by atoms with van der Waals surface area (Å²) in [5, 5.41) is 0. The first-order chi connectivity index (χ1) is 3.81. The van der Waals surface area contributed by atoms with Gasteiger partial charge in [-0.1, -0.05) is 5.92 Å². The number of allylic oxidation sites excluding steroid dienone is 1. The number of rotatable bonds is 2. The third-order valence-electron chi connectivity index (χ3n) is 0.713. The molecule has 0 radical (unpaired) electrons. The maximum Gasteiger partial charge on any atom is 0.0872 e. The first kappa shape index (κ1) is 11.3. The molecule has 3 heteroatoms. The van der Waals surface area contributed by atoms with Gasteiger partial charge in [0.15, 0.2) is 0 Å². The number of hydrogen-bond donors (Lipinski definition) is 1. The predicted octanol–water partition coefficient (Wildman–Crippen LogP) is 0.878. The van der Waals surface area contributed by atoms with Crippen molar-refractivity contribution in [3.63, 3.8) is 0 Å². The van der Waals surface area contributed by atoms with E-state index in [9.17, 15) is 0 Å². The van der Waals surface area contributed by atoms with Crippen LogP contribution in [-0.2, 0) is 4.84 Å². The molecular formula is C6H10ClNO. The van der Waals surface area contributed by atoms with Crippen LogP contribution in [0.15, 0.2) is 11.6 Å². The van der Waals surface area contributed by atoms with Crippen molar-refractivity contribution in [3.05, 3.63) is 11.6 Å². The number of hydrogen-bond acceptors (Lipinski definition) is 2. The Bertz CT molecular complexity index is 126. The Morgan fingerprint density at radius 1 is 1.89 bits per heavy atom. The van der Waals surface area contributed by atoms with E-state index in [0.717, 1.165) is 5.57 Å². The van der Waals surface area contributed by atoms with Gasteiger partial charge in [0.25, 0.3) is 0 Å². The van der Waals surface area contributed by atoms with Crippen LogP contribution in [0, 0.1) is 12.3 Å². The molecule has 2 nitrogen and oxygen atoms in total. The summed E-state index contributed by atoms with van der Waals surface area (Å²) in [5.74, 6) is 7.14. The average molecular weight is 148 g/mol. The van der Waals surface area contributed by atoms with Gasteiger partial charge >= 0.3 is 0 Å². The average Bonchev–Trinajstić information content (AvgIpc) is 1.83. The van der Waals surface area contributed by atoms with Crippen LogP contribution in [0.5, 0.6) is 0 Å². The second-order valence-electron chi connectivity index (χ2n) is 1.36. The molecule has 0 aliphatic heterocycles. The van der Waals surface area contributed by atoms with Crippen LogP contribution in [0.25, 0.3) is 0 Å². The standard InChI is InChI=1S/C6H9NO.ClH/c1-3-6(2)4-5-8-7;/h1,4H,5,7H2,2H3;1H/b6-4+;. The Morgan fingerprint density at radius 2 is 2.44 bits per heavy atom. The van der Waals surface area contributed by atoms with Gasteiger partial charge < -0.3 is 4.84 Å². The molecule has 0 aromatic carbocycles. The molecule has 0 spiro atoms. The van der Waals surface area contributed by atoms with Gasteiger partial charge in [-0.05, 0) is 18.6 Å². The minimum Gasteiger partial charge on any atom is -0.300 e. The van der Waals surface area contributed by atoms with E-state index in [2.05, 4.69) is 10.8 Å². The Balaban J connectivity index is 0. The summed E-state index contributed by atoms with van der Waals surface area (Å²) in [6.07, 6.45) is 6.73. The smallest absolute Gasteiger partial charge is 0.0872 e. The minimum atomic E-state index is 0. The number of nitrogens with two attached hydrogens (primary N) is 1.